The van der Waals surface area contributed by atoms with E-state index >= 15 is 0 Å². The molecule has 2 rings (SSSR count). The molecule has 1 aromatic rings. The Morgan fingerprint density at radius 2 is 2.07 bits per heavy atom. The molecular formula is C21H32N6O. The fourth-order valence-electron chi connectivity index (χ4n) is 4.12. The Labute approximate surface area is 167 Å². The molecular weight excluding hydrogens is 352 g/mol. The van der Waals surface area contributed by atoms with Gasteiger partial charge in [0.25, 0.3) is 5.91 Å². The number of carbonyl (C=O) groups is 1. The van der Waals surface area contributed by atoms with Crippen molar-refractivity contribution in [3.8, 4) is 0 Å². The summed E-state index contributed by atoms with van der Waals surface area (Å²) in [4.78, 5) is 12.1. The van der Waals surface area contributed by atoms with E-state index in [2.05, 4.69) is 36.4 Å². The first kappa shape index (κ1) is 21.7. The molecule has 0 heterocycles. The summed E-state index contributed by atoms with van der Waals surface area (Å²) in [5, 5.41) is 6.81. The van der Waals surface area contributed by atoms with Gasteiger partial charge >= 0.3 is 0 Å². The van der Waals surface area contributed by atoms with Crippen LogP contribution in [0.3, 0.4) is 0 Å². The molecule has 0 saturated heterocycles. The van der Waals surface area contributed by atoms with Gasteiger partial charge in [-0.05, 0) is 73.6 Å². The minimum absolute atomic E-state index is 0.127. The zero-order valence-corrected chi connectivity index (χ0v) is 17.1. The number of allylic oxidation sites excluding steroid dienone is 2. The second-order valence-electron chi connectivity index (χ2n) is 7.12. The van der Waals surface area contributed by atoms with Gasteiger partial charge in [-0.15, -0.1) is 0 Å². The van der Waals surface area contributed by atoms with Crippen molar-refractivity contribution in [2.24, 2.45) is 22.4 Å². The number of rotatable bonds is 9. The third kappa shape index (κ3) is 3.68. The van der Waals surface area contributed by atoms with E-state index < -0.39 is 5.41 Å². The zero-order chi connectivity index (χ0) is 20.9. The van der Waals surface area contributed by atoms with Crippen molar-refractivity contribution in [2.45, 2.75) is 44.9 Å². The topological polar surface area (TPSA) is 132 Å². The van der Waals surface area contributed by atoms with Gasteiger partial charge in [0.2, 0.25) is 0 Å². The van der Waals surface area contributed by atoms with Crippen LogP contribution in [0.15, 0.2) is 41.0 Å². The predicted octanol–water partition coefficient (Wildman–Crippen LogP) is 1.90. The maximum Gasteiger partial charge on any atom is 0.251 e. The normalized spacial score (nSPS) is 18.8. The highest BCUT2D eigenvalue weighted by molar-refractivity contribution is 6.03. The molecule has 1 amide bonds. The van der Waals surface area contributed by atoms with Crippen molar-refractivity contribution in [1.82, 2.24) is 10.9 Å². The monoisotopic (exact) mass is 384 g/mol. The molecule has 0 radical (unpaired) electrons. The Hall–Kier alpha value is -2.64. The third-order valence-electron chi connectivity index (χ3n) is 5.71. The van der Waals surface area contributed by atoms with Gasteiger partial charge in [0.1, 0.15) is 5.84 Å². The first-order valence-electron chi connectivity index (χ1n) is 9.60. The number of hydrogen-bond donors (Lipinski definition) is 5. The zero-order valence-electron chi connectivity index (χ0n) is 17.1. The second kappa shape index (κ2) is 9.03. The van der Waals surface area contributed by atoms with Gasteiger partial charge in [-0.1, -0.05) is 25.1 Å². The van der Waals surface area contributed by atoms with Crippen LogP contribution in [0.2, 0.25) is 0 Å². The van der Waals surface area contributed by atoms with Crippen LogP contribution < -0.4 is 28.2 Å². The number of hydrazine groups is 1. The number of amides is 1. The predicted molar refractivity (Wildman–Crippen MR) is 115 cm³/mol. The number of nitrogens with two attached hydrogens (primary N) is 3. The number of amidine groups is 1. The summed E-state index contributed by atoms with van der Waals surface area (Å²) in [5.74, 6) is 5.70. The van der Waals surface area contributed by atoms with Crippen LogP contribution in [-0.4, -0.2) is 25.3 Å². The molecule has 0 aromatic heterocycles. The van der Waals surface area contributed by atoms with Crippen LogP contribution in [0, 0.1) is 0 Å². The largest absolute Gasteiger partial charge is 0.385 e. The maximum absolute atomic E-state index is 12.1. The van der Waals surface area contributed by atoms with E-state index in [0.717, 1.165) is 41.5 Å². The van der Waals surface area contributed by atoms with Gasteiger partial charge < -0.3 is 16.8 Å². The van der Waals surface area contributed by atoms with Crippen molar-refractivity contribution in [1.29, 1.82) is 0 Å². The van der Waals surface area contributed by atoms with E-state index in [-0.39, 0.29) is 5.91 Å². The number of nitrogens with one attached hydrogen (secondary N) is 2. The molecule has 7 nitrogen and oxygen atoms in total. The summed E-state index contributed by atoms with van der Waals surface area (Å²) < 4.78 is 0. The number of hydrogen-bond acceptors (Lipinski definition) is 5. The van der Waals surface area contributed by atoms with Gasteiger partial charge in [0, 0.05) is 12.6 Å². The highest BCUT2D eigenvalue weighted by Gasteiger charge is 2.46. The molecule has 0 bridgehead atoms. The number of carbonyl (C=O) groups excluding carboxylic acids is 1. The summed E-state index contributed by atoms with van der Waals surface area (Å²) >= 11 is 0. The van der Waals surface area contributed by atoms with Crippen LogP contribution in [0.5, 0.6) is 0 Å². The Morgan fingerprint density at radius 3 is 2.64 bits per heavy atom. The lowest BCUT2D eigenvalue weighted by Gasteiger charge is -2.33. The smallest absolute Gasteiger partial charge is 0.251 e. The number of nitrogens with zero attached hydrogens (tertiary/aromatic N) is 1. The van der Waals surface area contributed by atoms with Crippen LogP contribution in [0.4, 0.5) is 0 Å². The molecule has 1 aliphatic rings. The van der Waals surface area contributed by atoms with Gasteiger partial charge in [-0.3, -0.25) is 4.79 Å². The van der Waals surface area contributed by atoms with Crippen LogP contribution >= 0.6 is 0 Å². The number of hydrazone groups is 1. The Balaban J connectivity index is 2.70. The van der Waals surface area contributed by atoms with E-state index in [9.17, 15) is 4.79 Å². The van der Waals surface area contributed by atoms with Crippen molar-refractivity contribution in [2.75, 3.05) is 13.6 Å². The highest BCUT2D eigenvalue weighted by Crippen LogP contribution is 2.50. The van der Waals surface area contributed by atoms with E-state index in [1.807, 2.05) is 18.2 Å². The molecule has 1 aliphatic carbocycles. The third-order valence-corrected chi connectivity index (χ3v) is 5.71. The Morgan fingerprint density at radius 1 is 1.36 bits per heavy atom. The molecule has 1 unspecified atom stereocenters. The molecule has 7 heteroatoms. The lowest BCUT2D eigenvalue weighted by molar-refractivity contribution is 0.0963. The first-order chi connectivity index (χ1) is 13.4. The van der Waals surface area contributed by atoms with E-state index in [1.54, 1.807) is 7.05 Å². The van der Waals surface area contributed by atoms with Crippen molar-refractivity contribution >= 4 is 17.3 Å². The first-order valence-corrected chi connectivity index (χ1v) is 9.60. The van der Waals surface area contributed by atoms with Crippen molar-refractivity contribution < 1.29 is 4.79 Å². The molecule has 1 atom stereocenters. The van der Waals surface area contributed by atoms with Gasteiger partial charge in [0.15, 0.2) is 0 Å². The maximum atomic E-state index is 12.1. The fraction of sp³-hybridized carbons (Fsp3) is 0.429. The van der Waals surface area contributed by atoms with Gasteiger partial charge in [0.05, 0.1) is 5.41 Å². The van der Waals surface area contributed by atoms with E-state index in [4.69, 9.17) is 17.3 Å². The fourth-order valence-corrected chi connectivity index (χ4v) is 4.12. The summed E-state index contributed by atoms with van der Waals surface area (Å²) in [7, 11) is 1.62. The average Bonchev–Trinajstić information content (AvgIpc) is 2.94. The van der Waals surface area contributed by atoms with Crippen LogP contribution in [-0.2, 0) is 5.41 Å². The quantitative estimate of drug-likeness (QED) is 0.146. The minimum Gasteiger partial charge on any atom is -0.385 e. The molecule has 8 N–H and O–H groups in total. The van der Waals surface area contributed by atoms with E-state index in [1.165, 1.54) is 5.57 Å². The van der Waals surface area contributed by atoms with Gasteiger partial charge in [-0.2, -0.15) is 5.10 Å². The lowest BCUT2D eigenvalue weighted by atomic mass is 9.71. The molecule has 28 heavy (non-hydrogen) atoms. The summed E-state index contributed by atoms with van der Waals surface area (Å²) in [6.07, 6.45) is 3.18. The molecule has 0 saturated carbocycles. The number of fused-ring (bicyclic) bond motifs is 1. The SMILES string of the molecule is C=C(CC)CCC1=C(C)c2cc(C(=O)NC)ccc2C1(CCN)/C(N)=N/NN. The lowest BCUT2D eigenvalue weighted by Crippen LogP contribution is -2.45. The highest BCUT2D eigenvalue weighted by atomic mass is 16.1. The standard InChI is InChI=1S/C21H32N6O/c1-5-13(2)6-8-17-14(3)16-12-15(19(28)25-4)7-9-18(16)21(17,10-11-22)20(23)26-27-24/h7,9,12,27H,2,5-6,8,10-11,22,24H2,1,3-4H3,(H2,23,26)(H,25,28). The summed E-state index contributed by atoms with van der Waals surface area (Å²) in [6.45, 7) is 8.74. The number of benzene rings is 1. The summed E-state index contributed by atoms with van der Waals surface area (Å²) in [6, 6.07) is 5.69. The van der Waals surface area contributed by atoms with Crippen molar-refractivity contribution in [3.63, 3.8) is 0 Å². The Bertz CT molecular complexity index is 826. The molecule has 1 aromatic carbocycles. The van der Waals surface area contributed by atoms with Crippen molar-refractivity contribution in [3.05, 3.63) is 52.6 Å². The second-order valence-corrected chi connectivity index (χ2v) is 7.12. The van der Waals surface area contributed by atoms with Gasteiger partial charge in [-0.25, -0.2) is 11.4 Å². The average molecular weight is 385 g/mol. The molecule has 0 fully saturated rings. The van der Waals surface area contributed by atoms with E-state index in [0.29, 0.717) is 24.4 Å². The molecule has 152 valence electrons. The Kier molecular flexibility index (Phi) is 6.99. The minimum atomic E-state index is -0.643. The molecule has 0 spiro atoms. The molecule has 0 aliphatic heterocycles. The van der Waals surface area contributed by atoms with Crippen LogP contribution in [0.25, 0.3) is 5.57 Å². The van der Waals surface area contributed by atoms with Crippen LogP contribution in [0.1, 0.15) is 61.0 Å². The summed E-state index contributed by atoms with van der Waals surface area (Å²) in [5.41, 5.74) is 20.2.